The molecule has 0 atom stereocenters. The van der Waals surface area contributed by atoms with E-state index < -0.39 is 0 Å². The number of ketones is 1. The van der Waals surface area contributed by atoms with Crippen molar-refractivity contribution in [2.24, 2.45) is 0 Å². The van der Waals surface area contributed by atoms with Gasteiger partial charge in [-0.2, -0.15) is 0 Å². The van der Waals surface area contributed by atoms with Gasteiger partial charge in [0.25, 0.3) is 0 Å². The second kappa shape index (κ2) is 7.35. The molecule has 0 fully saturated rings. The summed E-state index contributed by atoms with van der Waals surface area (Å²) in [5.41, 5.74) is 3.02. The number of rotatable bonds is 6. The molecule has 134 valence electrons. The third-order valence-electron chi connectivity index (χ3n) is 4.30. The molecule has 0 bridgehead atoms. The van der Waals surface area contributed by atoms with Crippen LogP contribution in [0.15, 0.2) is 48.2 Å². The molecule has 5 nitrogen and oxygen atoms in total. The van der Waals surface area contributed by atoms with E-state index in [2.05, 4.69) is 4.98 Å². The molecule has 1 N–H and O–H groups in total. The smallest absolute Gasteiger partial charge is 0.192 e. The van der Waals surface area contributed by atoms with Gasteiger partial charge in [-0.1, -0.05) is 18.2 Å². The highest BCUT2D eigenvalue weighted by atomic mass is 16.5. The highest BCUT2D eigenvalue weighted by molar-refractivity contribution is 6.13. The number of allylic oxidation sites excluding steroid dienone is 1. The molecular weight excluding hydrogens is 330 g/mol. The minimum atomic E-state index is -0.131. The van der Waals surface area contributed by atoms with E-state index in [1.54, 1.807) is 26.2 Å². The fourth-order valence-electron chi connectivity index (χ4n) is 2.93. The molecule has 0 aliphatic carbocycles. The van der Waals surface area contributed by atoms with Crippen LogP contribution in [0.2, 0.25) is 0 Å². The van der Waals surface area contributed by atoms with Crippen molar-refractivity contribution < 1.29 is 19.0 Å². The second-order valence-electron chi connectivity index (χ2n) is 5.85. The van der Waals surface area contributed by atoms with E-state index in [9.17, 15) is 4.79 Å². The lowest BCUT2D eigenvalue weighted by atomic mass is 10.0. The van der Waals surface area contributed by atoms with Gasteiger partial charge >= 0.3 is 0 Å². The van der Waals surface area contributed by atoms with Crippen molar-refractivity contribution in [1.82, 2.24) is 4.98 Å². The number of carbonyl (C=O) groups is 1. The number of hydrogen-bond donors (Lipinski definition) is 1. The first-order valence-corrected chi connectivity index (χ1v) is 8.18. The van der Waals surface area contributed by atoms with E-state index in [0.717, 1.165) is 16.5 Å². The van der Waals surface area contributed by atoms with Gasteiger partial charge in [-0.25, -0.2) is 0 Å². The van der Waals surface area contributed by atoms with Gasteiger partial charge in [0.1, 0.15) is 5.75 Å². The summed E-state index contributed by atoms with van der Waals surface area (Å²) in [6.45, 7) is 1.79. The summed E-state index contributed by atoms with van der Waals surface area (Å²) in [6, 6.07) is 11.3. The number of benzene rings is 2. The molecule has 2 aromatic carbocycles. The number of nitrogens with one attached hydrogen (secondary N) is 1. The summed E-state index contributed by atoms with van der Waals surface area (Å²) in [5, 5.41) is 1.07. The molecule has 0 unspecified atom stereocenters. The van der Waals surface area contributed by atoms with Gasteiger partial charge in [0.15, 0.2) is 17.3 Å². The lowest BCUT2D eigenvalue weighted by molar-refractivity contribution is 0.103. The third kappa shape index (κ3) is 3.16. The zero-order valence-corrected chi connectivity index (χ0v) is 15.3. The van der Waals surface area contributed by atoms with Crippen LogP contribution in [0.3, 0.4) is 0 Å². The van der Waals surface area contributed by atoms with Crippen LogP contribution in [0, 0.1) is 0 Å². The maximum Gasteiger partial charge on any atom is 0.192 e. The van der Waals surface area contributed by atoms with Crippen LogP contribution in [0.4, 0.5) is 0 Å². The van der Waals surface area contributed by atoms with E-state index in [-0.39, 0.29) is 5.78 Å². The first kappa shape index (κ1) is 17.6. The van der Waals surface area contributed by atoms with Crippen molar-refractivity contribution in [1.29, 1.82) is 0 Å². The first-order chi connectivity index (χ1) is 12.6. The maximum absolute atomic E-state index is 13.0. The molecule has 5 heteroatoms. The van der Waals surface area contributed by atoms with E-state index in [4.69, 9.17) is 14.2 Å². The van der Waals surface area contributed by atoms with E-state index in [0.29, 0.717) is 28.4 Å². The Bertz CT molecular complexity index is 985. The monoisotopic (exact) mass is 351 g/mol. The number of ether oxygens (including phenoxy) is 3. The van der Waals surface area contributed by atoms with E-state index >= 15 is 0 Å². The van der Waals surface area contributed by atoms with Crippen LogP contribution in [-0.4, -0.2) is 32.1 Å². The minimum absolute atomic E-state index is 0.131. The molecule has 0 aliphatic rings. The largest absolute Gasteiger partial charge is 0.496 e. The quantitative estimate of drug-likeness (QED) is 0.525. The molecule has 0 radical (unpaired) electrons. The highest BCUT2D eigenvalue weighted by Crippen LogP contribution is 2.36. The van der Waals surface area contributed by atoms with Gasteiger partial charge in [-0.15, -0.1) is 0 Å². The first-order valence-electron chi connectivity index (χ1n) is 8.18. The van der Waals surface area contributed by atoms with Crippen molar-refractivity contribution in [3.8, 4) is 17.2 Å². The molecule has 0 saturated carbocycles. The average Bonchev–Trinajstić information content (AvgIpc) is 3.09. The van der Waals surface area contributed by atoms with Crippen LogP contribution in [-0.2, 0) is 0 Å². The summed E-state index contributed by atoms with van der Waals surface area (Å²) >= 11 is 0. The topological polar surface area (TPSA) is 60.5 Å². The number of aromatic amines is 1. The van der Waals surface area contributed by atoms with Gasteiger partial charge in [-0.3, -0.25) is 4.79 Å². The van der Waals surface area contributed by atoms with Crippen molar-refractivity contribution in [2.75, 3.05) is 21.3 Å². The number of Topliss-reactive ketones (excluding diaryl/α,β-unsaturated/α-hetero) is 1. The summed E-state index contributed by atoms with van der Waals surface area (Å²) in [4.78, 5) is 16.2. The van der Waals surface area contributed by atoms with Crippen LogP contribution in [0.25, 0.3) is 17.0 Å². The Hall–Kier alpha value is -3.21. The number of carbonyl (C=O) groups excluding carboxylic acids is 1. The van der Waals surface area contributed by atoms with Gasteiger partial charge in [-0.05, 0) is 30.7 Å². The predicted molar refractivity (Wildman–Crippen MR) is 102 cm³/mol. The number of fused-ring (bicyclic) bond motifs is 1. The van der Waals surface area contributed by atoms with Gasteiger partial charge < -0.3 is 19.2 Å². The maximum atomic E-state index is 13.0. The predicted octanol–water partition coefficient (Wildman–Crippen LogP) is 4.48. The molecule has 3 aromatic rings. The van der Waals surface area contributed by atoms with E-state index in [1.807, 2.05) is 36.5 Å². The standard InChI is InChI=1S/C21H21NO4/c1-13(9-14-12-22-17-8-6-5-7-15(14)17)21(23)16-10-19(25-3)20(26-4)11-18(16)24-2/h5-12,22H,1-4H3. The van der Waals surface area contributed by atoms with Crippen LogP contribution < -0.4 is 14.2 Å². The van der Waals surface area contributed by atoms with Crippen LogP contribution >= 0.6 is 0 Å². The summed E-state index contributed by atoms with van der Waals surface area (Å²) < 4.78 is 16.0. The summed E-state index contributed by atoms with van der Waals surface area (Å²) in [6.07, 6.45) is 3.77. The third-order valence-corrected chi connectivity index (χ3v) is 4.30. The van der Waals surface area contributed by atoms with Crippen LogP contribution in [0.5, 0.6) is 17.2 Å². The Morgan fingerprint density at radius 2 is 1.62 bits per heavy atom. The SMILES string of the molecule is COc1cc(OC)c(C(=O)C(C)=Cc2c[nH]c3ccccc23)cc1OC. The molecule has 0 amide bonds. The van der Waals surface area contributed by atoms with Crippen molar-refractivity contribution in [3.63, 3.8) is 0 Å². The van der Waals surface area contributed by atoms with Crippen molar-refractivity contribution in [3.05, 3.63) is 59.3 Å². The lowest BCUT2D eigenvalue weighted by Gasteiger charge is -2.13. The van der Waals surface area contributed by atoms with Crippen molar-refractivity contribution >= 4 is 22.8 Å². The molecule has 1 aromatic heterocycles. The summed E-state index contributed by atoms with van der Waals surface area (Å²) in [5.74, 6) is 1.31. The molecular formula is C21H21NO4. The van der Waals surface area contributed by atoms with Crippen molar-refractivity contribution in [2.45, 2.75) is 6.92 Å². The molecule has 0 aliphatic heterocycles. The minimum Gasteiger partial charge on any atom is -0.496 e. The summed E-state index contributed by atoms with van der Waals surface area (Å²) in [7, 11) is 4.60. The molecule has 0 saturated heterocycles. The Labute approximate surface area is 152 Å². The normalized spacial score (nSPS) is 11.5. The number of methoxy groups -OCH3 is 3. The number of aromatic nitrogens is 1. The van der Waals surface area contributed by atoms with E-state index in [1.165, 1.54) is 14.2 Å². The Morgan fingerprint density at radius 3 is 2.31 bits per heavy atom. The lowest BCUT2D eigenvalue weighted by Crippen LogP contribution is -2.05. The van der Waals surface area contributed by atoms with Gasteiger partial charge in [0.05, 0.1) is 26.9 Å². The van der Waals surface area contributed by atoms with Crippen LogP contribution in [0.1, 0.15) is 22.8 Å². The van der Waals surface area contributed by atoms with Gasteiger partial charge in [0.2, 0.25) is 0 Å². The Morgan fingerprint density at radius 1 is 0.962 bits per heavy atom. The zero-order chi connectivity index (χ0) is 18.7. The fraction of sp³-hybridized carbons (Fsp3) is 0.190. The average molecular weight is 351 g/mol. The second-order valence-corrected chi connectivity index (χ2v) is 5.85. The number of hydrogen-bond acceptors (Lipinski definition) is 4. The fourth-order valence-corrected chi connectivity index (χ4v) is 2.93. The number of H-pyrrole nitrogens is 1. The Balaban J connectivity index is 2.03. The highest BCUT2D eigenvalue weighted by Gasteiger charge is 2.19. The number of para-hydroxylation sites is 1. The molecule has 3 rings (SSSR count). The molecule has 26 heavy (non-hydrogen) atoms. The molecule has 1 heterocycles. The zero-order valence-electron chi connectivity index (χ0n) is 15.3. The van der Waals surface area contributed by atoms with Gasteiger partial charge in [0, 0.05) is 28.7 Å². The Kier molecular flexibility index (Phi) is 4.98. The molecule has 0 spiro atoms.